The van der Waals surface area contributed by atoms with E-state index in [1.807, 2.05) is 38.1 Å². The number of carbonyl (C=O) groups is 2. The number of carboxylic acids is 1. The van der Waals surface area contributed by atoms with Gasteiger partial charge in [0.15, 0.2) is 0 Å². The lowest BCUT2D eigenvalue weighted by Gasteiger charge is -2.40. The first-order valence-corrected chi connectivity index (χ1v) is 10.7. The van der Waals surface area contributed by atoms with Crippen LogP contribution in [0, 0.1) is 5.82 Å². The number of hydrogen-bond donors (Lipinski definition) is 2. The van der Waals surface area contributed by atoms with Crippen molar-refractivity contribution in [2.24, 2.45) is 0 Å². The number of aliphatic hydroxyl groups is 1. The van der Waals surface area contributed by atoms with Gasteiger partial charge < -0.3 is 14.9 Å². The van der Waals surface area contributed by atoms with Gasteiger partial charge in [-0.15, -0.1) is 0 Å². The van der Waals surface area contributed by atoms with Crippen molar-refractivity contribution in [1.82, 2.24) is 0 Å². The van der Waals surface area contributed by atoms with Crippen LogP contribution in [0.4, 0.5) is 4.39 Å². The quantitative estimate of drug-likeness (QED) is 0.543. The number of halogens is 1. The summed E-state index contributed by atoms with van der Waals surface area (Å²) in [4.78, 5) is 22.5. The molecule has 2 aromatic rings. The molecule has 0 fully saturated rings. The minimum absolute atomic E-state index is 0.287. The van der Waals surface area contributed by atoms with Crippen molar-refractivity contribution in [3.05, 3.63) is 83.2 Å². The fraction of sp³-hybridized carbons (Fsp3) is 0.308. The van der Waals surface area contributed by atoms with Crippen molar-refractivity contribution >= 4 is 17.3 Å². The van der Waals surface area contributed by atoms with Crippen molar-refractivity contribution in [1.29, 1.82) is 0 Å². The second kappa shape index (κ2) is 9.92. The Morgan fingerprint density at radius 1 is 1.09 bits per heavy atom. The van der Waals surface area contributed by atoms with Crippen LogP contribution in [0.3, 0.4) is 0 Å². The molecule has 1 heterocycles. The molecule has 32 heavy (non-hydrogen) atoms. The molecule has 0 radical (unpaired) electrons. The Morgan fingerprint density at radius 2 is 1.75 bits per heavy atom. The molecule has 0 aliphatic carbocycles. The van der Waals surface area contributed by atoms with Crippen molar-refractivity contribution in [2.75, 3.05) is 0 Å². The highest BCUT2D eigenvalue weighted by Crippen LogP contribution is 2.47. The molecule has 168 valence electrons. The van der Waals surface area contributed by atoms with E-state index in [0.29, 0.717) is 12.8 Å². The minimum atomic E-state index is -1.22. The summed E-state index contributed by atoms with van der Waals surface area (Å²) in [6, 6.07) is 13.9. The summed E-state index contributed by atoms with van der Waals surface area (Å²) in [7, 11) is 0. The lowest BCUT2D eigenvalue weighted by atomic mass is 9.77. The zero-order valence-electron chi connectivity index (χ0n) is 18.2. The third kappa shape index (κ3) is 4.97. The number of aliphatic carboxylic acids is 1. The maximum absolute atomic E-state index is 13.6. The van der Waals surface area contributed by atoms with E-state index in [1.54, 1.807) is 18.2 Å². The van der Waals surface area contributed by atoms with Crippen molar-refractivity contribution in [3.63, 3.8) is 0 Å². The standard InChI is InChI=1S/C26H27FO5/c1-3-26(4-2)22(14-13-19(28)15-20(29)16-24(30)31)25(17-9-11-18(27)12-10-17)21-7-5-6-8-23(21)32-26/h5-14,19,28H,3-4,15-16H2,1-2H3,(H,30,31). The molecule has 5 nitrogen and oxygen atoms in total. The first-order valence-electron chi connectivity index (χ1n) is 10.7. The maximum Gasteiger partial charge on any atom is 0.310 e. The average Bonchev–Trinajstić information content (AvgIpc) is 2.76. The van der Waals surface area contributed by atoms with Gasteiger partial charge in [0.1, 0.15) is 29.4 Å². The van der Waals surface area contributed by atoms with Crippen molar-refractivity contribution in [2.45, 2.75) is 51.2 Å². The number of benzene rings is 2. The van der Waals surface area contributed by atoms with Crippen LogP contribution in [-0.4, -0.2) is 33.7 Å². The summed E-state index contributed by atoms with van der Waals surface area (Å²) in [5.41, 5.74) is 2.67. The molecular formula is C26H27FO5. The first kappa shape index (κ1) is 23.4. The molecule has 1 aliphatic heterocycles. The van der Waals surface area contributed by atoms with E-state index in [0.717, 1.165) is 28.0 Å². The lowest BCUT2D eigenvalue weighted by Crippen LogP contribution is -2.39. The fourth-order valence-electron chi connectivity index (χ4n) is 4.09. The SMILES string of the molecule is CCC1(CC)Oc2ccccc2C(c2ccc(F)cc2)=C1C=CC(O)CC(=O)CC(=O)O. The van der Waals surface area contributed by atoms with Crippen LogP contribution in [-0.2, 0) is 9.59 Å². The summed E-state index contributed by atoms with van der Waals surface area (Å²) in [6.45, 7) is 4.03. The lowest BCUT2D eigenvalue weighted by molar-refractivity contribution is -0.140. The van der Waals surface area contributed by atoms with E-state index in [9.17, 15) is 19.1 Å². The van der Waals surface area contributed by atoms with E-state index >= 15 is 0 Å². The largest absolute Gasteiger partial charge is 0.482 e. The van der Waals surface area contributed by atoms with Crippen molar-refractivity contribution < 1.29 is 28.9 Å². The second-order valence-corrected chi connectivity index (χ2v) is 7.83. The number of aliphatic hydroxyl groups excluding tert-OH is 1. The van der Waals surface area contributed by atoms with Gasteiger partial charge in [0.2, 0.25) is 0 Å². The second-order valence-electron chi connectivity index (χ2n) is 7.83. The summed E-state index contributed by atoms with van der Waals surface area (Å²) >= 11 is 0. The third-order valence-electron chi connectivity index (χ3n) is 5.77. The van der Waals surface area contributed by atoms with Gasteiger partial charge in [0, 0.05) is 17.6 Å². The smallest absolute Gasteiger partial charge is 0.310 e. The molecule has 1 unspecified atom stereocenters. The Hall–Kier alpha value is -3.25. The van der Waals surface area contributed by atoms with E-state index in [-0.39, 0.29) is 12.2 Å². The van der Waals surface area contributed by atoms with E-state index in [1.165, 1.54) is 18.2 Å². The first-order chi connectivity index (χ1) is 15.3. The number of para-hydroxylation sites is 1. The minimum Gasteiger partial charge on any atom is -0.482 e. The topological polar surface area (TPSA) is 83.8 Å². The predicted octanol–water partition coefficient (Wildman–Crippen LogP) is 4.93. The molecule has 2 aromatic carbocycles. The molecule has 0 spiro atoms. The van der Waals surface area contributed by atoms with Crippen LogP contribution < -0.4 is 4.74 Å². The van der Waals surface area contributed by atoms with E-state index < -0.39 is 29.9 Å². The van der Waals surface area contributed by atoms with Gasteiger partial charge >= 0.3 is 5.97 Å². The normalized spacial score (nSPS) is 15.9. The monoisotopic (exact) mass is 438 g/mol. The van der Waals surface area contributed by atoms with Crippen LogP contribution in [0.25, 0.3) is 5.57 Å². The number of ketones is 1. The van der Waals surface area contributed by atoms with E-state index in [4.69, 9.17) is 9.84 Å². The number of fused-ring (bicyclic) bond motifs is 1. The zero-order chi connectivity index (χ0) is 23.3. The highest BCUT2D eigenvalue weighted by molar-refractivity contribution is 5.95. The highest BCUT2D eigenvalue weighted by Gasteiger charge is 2.39. The highest BCUT2D eigenvalue weighted by atomic mass is 19.1. The zero-order valence-corrected chi connectivity index (χ0v) is 18.2. The van der Waals surface area contributed by atoms with Gasteiger partial charge in [-0.1, -0.05) is 56.3 Å². The molecule has 1 atom stereocenters. The molecule has 0 amide bonds. The molecule has 1 aliphatic rings. The number of Topliss-reactive ketones (excluding diaryl/α,β-unsaturated/α-hetero) is 1. The molecule has 0 saturated heterocycles. The van der Waals surface area contributed by atoms with Gasteiger partial charge in [-0.25, -0.2) is 4.39 Å². The molecule has 2 N–H and O–H groups in total. The van der Waals surface area contributed by atoms with Crippen molar-refractivity contribution in [3.8, 4) is 5.75 Å². The van der Waals surface area contributed by atoms with Gasteiger partial charge in [0.05, 0.1) is 6.10 Å². The summed E-state index contributed by atoms with van der Waals surface area (Å²) < 4.78 is 20.1. The number of hydrogen-bond acceptors (Lipinski definition) is 4. The number of rotatable bonds is 9. The Balaban J connectivity index is 2.13. The summed E-state index contributed by atoms with van der Waals surface area (Å²) in [5, 5.41) is 19.1. The Kier molecular flexibility index (Phi) is 7.26. The van der Waals surface area contributed by atoms with Crippen LogP contribution in [0.15, 0.2) is 66.3 Å². The molecule has 0 aromatic heterocycles. The van der Waals surface area contributed by atoms with Gasteiger partial charge in [-0.2, -0.15) is 0 Å². The Bertz CT molecular complexity index is 1050. The predicted molar refractivity (Wildman–Crippen MR) is 120 cm³/mol. The summed E-state index contributed by atoms with van der Waals surface area (Å²) in [6.07, 6.45) is 2.50. The summed E-state index contributed by atoms with van der Waals surface area (Å²) in [5.74, 6) is -1.38. The average molecular weight is 438 g/mol. The van der Waals surface area contributed by atoms with Crippen LogP contribution >= 0.6 is 0 Å². The van der Waals surface area contributed by atoms with Gasteiger partial charge in [0.25, 0.3) is 0 Å². The number of carboxylic acid groups (broad SMARTS) is 1. The molecule has 0 saturated carbocycles. The fourth-order valence-corrected chi connectivity index (χ4v) is 4.09. The number of carbonyl (C=O) groups excluding carboxylic acids is 1. The van der Waals surface area contributed by atoms with E-state index in [2.05, 4.69) is 0 Å². The Morgan fingerprint density at radius 3 is 2.38 bits per heavy atom. The third-order valence-corrected chi connectivity index (χ3v) is 5.77. The van der Waals surface area contributed by atoms with Gasteiger partial charge in [-0.3, -0.25) is 9.59 Å². The van der Waals surface area contributed by atoms with Crippen LogP contribution in [0.1, 0.15) is 50.7 Å². The number of ether oxygens (including phenoxy) is 1. The van der Waals surface area contributed by atoms with Crippen LogP contribution in [0.5, 0.6) is 5.75 Å². The molecule has 6 heteroatoms. The molecular weight excluding hydrogens is 411 g/mol. The Labute approximate surface area is 186 Å². The molecule has 0 bridgehead atoms. The molecule has 3 rings (SSSR count). The maximum atomic E-state index is 13.6. The van der Waals surface area contributed by atoms with Crippen LogP contribution in [0.2, 0.25) is 0 Å². The van der Waals surface area contributed by atoms with Gasteiger partial charge in [-0.05, 0) is 42.2 Å².